The van der Waals surface area contributed by atoms with Gasteiger partial charge in [-0.25, -0.2) is 9.78 Å². The van der Waals surface area contributed by atoms with Gasteiger partial charge in [-0.2, -0.15) is 0 Å². The third-order valence-electron chi connectivity index (χ3n) is 4.23. The molecule has 122 valence electrons. The number of aromatic amines is 2. The number of ether oxygens (including phenoxy) is 1. The van der Waals surface area contributed by atoms with Gasteiger partial charge in [-0.15, -0.1) is 0 Å². The van der Waals surface area contributed by atoms with Crippen LogP contribution in [0.25, 0.3) is 11.0 Å². The largest absolute Gasteiger partial charge is 0.445 e. The van der Waals surface area contributed by atoms with E-state index in [1.807, 2.05) is 30.3 Å². The number of amides is 1. The first-order valence-electron chi connectivity index (χ1n) is 7.75. The van der Waals surface area contributed by atoms with Crippen LogP contribution in [0.3, 0.4) is 0 Å². The number of H-pyrrole nitrogens is 2. The fourth-order valence-electron chi connectivity index (χ4n) is 3.01. The van der Waals surface area contributed by atoms with Crippen molar-refractivity contribution in [3.63, 3.8) is 0 Å². The molecular formula is C17H16N4O3. The van der Waals surface area contributed by atoms with Gasteiger partial charge >= 0.3 is 6.09 Å². The van der Waals surface area contributed by atoms with Crippen LogP contribution in [0.4, 0.5) is 4.79 Å². The summed E-state index contributed by atoms with van der Waals surface area (Å²) in [5, 5.41) is 0.521. The van der Waals surface area contributed by atoms with Gasteiger partial charge in [0.05, 0.1) is 18.3 Å². The molecule has 7 nitrogen and oxygen atoms in total. The van der Waals surface area contributed by atoms with Crippen molar-refractivity contribution in [2.45, 2.75) is 19.6 Å². The van der Waals surface area contributed by atoms with E-state index in [0.717, 1.165) is 16.8 Å². The Kier molecular flexibility index (Phi) is 3.53. The first-order valence-corrected chi connectivity index (χ1v) is 7.75. The molecule has 0 saturated heterocycles. The minimum atomic E-state index is -0.376. The summed E-state index contributed by atoms with van der Waals surface area (Å²) in [6, 6.07) is 9.54. The number of hydrogen-bond acceptors (Lipinski definition) is 4. The second kappa shape index (κ2) is 5.84. The van der Waals surface area contributed by atoms with Crippen LogP contribution >= 0.6 is 0 Å². The third-order valence-corrected chi connectivity index (χ3v) is 4.23. The quantitative estimate of drug-likeness (QED) is 0.754. The Bertz CT molecular complexity index is 945. The average molecular weight is 324 g/mol. The summed E-state index contributed by atoms with van der Waals surface area (Å²) in [4.78, 5) is 35.9. The highest BCUT2D eigenvalue weighted by atomic mass is 16.6. The number of hydrogen-bond donors (Lipinski definition) is 2. The molecule has 1 aliphatic rings. The van der Waals surface area contributed by atoms with Gasteiger partial charge in [0.2, 0.25) is 0 Å². The molecule has 0 aliphatic carbocycles. The fraction of sp³-hybridized carbons (Fsp3) is 0.235. The number of nitrogens with zero attached hydrogens (tertiary/aromatic N) is 2. The minimum Gasteiger partial charge on any atom is -0.445 e. The number of fused-ring (bicyclic) bond motifs is 3. The van der Waals surface area contributed by atoms with Gasteiger partial charge in [-0.3, -0.25) is 4.79 Å². The van der Waals surface area contributed by atoms with Crippen LogP contribution in [0.5, 0.6) is 0 Å². The zero-order valence-corrected chi connectivity index (χ0v) is 12.9. The summed E-state index contributed by atoms with van der Waals surface area (Å²) in [5.41, 5.74) is 3.08. The molecule has 3 heterocycles. The number of carbonyl (C=O) groups excluding carboxylic acids is 1. The maximum absolute atomic E-state index is 12.3. The molecule has 4 rings (SSSR count). The predicted octanol–water partition coefficient (Wildman–Crippen LogP) is 1.95. The molecule has 3 aromatic rings. The summed E-state index contributed by atoms with van der Waals surface area (Å²) in [5.74, 6) is 0. The molecule has 0 radical (unpaired) electrons. The first-order chi connectivity index (χ1) is 11.7. The lowest BCUT2D eigenvalue weighted by Gasteiger charge is -2.26. The van der Waals surface area contributed by atoms with Crippen LogP contribution in [0.1, 0.15) is 16.8 Å². The second-order valence-electron chi connectivity index (χ2n) is 5.75. The molecule has 24 heavy (non-hydrogen) atoms. The fourth-order valence-corrected chi connectivity index (χ4v) is 3.01. The summed E-state index contributed by atoms with van der Waals surface area (Å²) in [6.07, 6.45) is 1.64. The molecule has 2 N–H and O–H groups in total. The van der Waals surface area contributed by atoms with Gasteiger partial charge in [0.15, 0.2) is 0 Å². The van der Waals surface area contributed by atoms with Crippen LogP contribution < -0.4 is 5.56 Å². The van der Waals surface area contributed by atoms with Gasteiger partial charge in [0, 0.05) is 24.2 Å². The summed E-state index contributed by atoms with van der Waals surface area (Å²) in [7, 11) is 0. The molecule has 0 unspecified atom stereocenters. The van der Waals surface area contributed by atoms with Crippen molar-refractivity contribution in [2.24, 2.45) is 0 Å². The zero-order valence-electron chi connectivity index (χ0n) is 12.9. The highest BCUT2D eigenvalue weighted by Crippen LogP contribution is 2.24. The minimum absolute atomic E-state index is 0.197. The Balaban J connectivity index is 1.52. The van der Waals surface area contributed by atoms with Crippen LogP contribution in [0.15, 0.2) is 41.5 Å². The van der Waals surface area contributed by atoms with E-state index in [4.69, 9.17) is 4.74 Å². The van der Waals surface area contributed by atoms with E-state index in [1.165, 1.54) is 6.33 Å². The van der Waals surface area contributed by atoms with E-state index >= 15 is 0 Å². The molecule has 1 amide bonds. The topological polar surface area (TPSA) is 91.1 Å². The Morgan fingerprint density at radius 1 is 1.29 bits per heavy atom. The molecule has 0 saturated carbocycles. The van der Waals surface area contributed by atoms with Crippen molar-refractivity contribution in [1.82, 2.24) is 19.9 Å². The maximum Gasteiger partial charge on any atom is 0.410 e. The van der Waals surface area contributed by atoms with Gasteiger partial charge in [0.1, 0.15) is 12.3 Å². The highest BCUT2D eigenvalue weighted by Gasteiger charge is 2.26. The molecule has 0 fully saturated rings. The van der Waals surface area contributed by atoms with Crippen LogP contribution in [0.2, 0.25) is 0 Å². The Labute approximate surface area is 137 Å². The molecule has 0 spiro atoms. The lowest BCUT2D eigenvalue weighted by atomic mass is 10.1. The van der Waals surface area contributed by atoms with Gasteiger partial charge in [-0.05, 0) is 5.56 Å². The van der Waals surface area contributed by atoms with Gasteiger partial charge in [0.25, 0.3) is 5.56 Å². The highest BCUT2D eigenvalue weighted by molar-refractivity contribution is 5.81. The summed E-state index contributed by atoms with van der Waals surface area (Å²) in [6.45, 7) is 1.13. The van der Waals surface area contributed by atoms with Crippen LogP contribution in [-0.2, 0) is 24.3 Å². The summed E-state index contributed by atoms with van der Waals surface area (Å²) >= 11 is 0. The van der Waals surface area contributed by atoms with Gasteiger partial charge < -0.3 is 19.6 Å². The number of carbonyl (C=O) groups is 1. The molecule has 1 aliphatic heterocycles. The van der Waals surface area contributed by atoms with E-state index < -0.39 is 0 Å². The summed E-state index contributed by atoms with van der Waals surface area (Å²) < 4.78 is 5.38. The Morgan fingerprint density at radius 3 is 2.96 bits per heavy atom. The van der Waals surface area contributed by atoms with E-state index in [2.05, 4.69) is 15.0 Å². The molecule has 7 heteroatoms. The molecule has 1 aromatic carbocycles. The van der Waals surface area contributed by atoms with E-state index in [1.54, 1.807) is 4.90 Å². The monoisotopic (exact) mass is 324 g/mol. The standard InChI is InChI=1S/C17H16N4O3/c22-16-14-12-8-21(7-6-13(12)20-15(14)18-10-19-16)17(23)24-9-11-4-2-1-3-5-11/h1-5,10H,6-9H2,(H2,18,19,20,22). The number of rotatable bonds is 2. The lowest BCUT2D eigenvalue weighted by Crippen LogP contribution is -2.36. The first kappa shape index (κ1) is 14.5. The molecule has 2 aromatic heterocycles. The Morgan fingerprint density at radius 2 is 2.12 bits per heavy atom. The predicted molar refractivity (Wildman–Crippen MR) is 87.5 cm³/mol. The van der Waals surface area contributed by atoms with Gasteiger partial charge in [-0.1, -0.05) is 30.3 Å². The van der Waals surface area contributed by atoms with Crippen molar-refractivity contribution in [1.29, 1.82) is 0 Å². The molecule has 0 atom stereocenters. The zero-order chi connectivity index (χ0) is 16.5. The van der Waals surface area contributed by atoms with E-state index in [0.29, 0.717) is 30.5 Å². The van der Waals surface area contributed by atoms with E-state index in [9.17, 15) is 9.59 Å². The molecular weight excluding hydrogens is 308 g/mol. The smallest absolute Gasteiger partial charge is 0.410 e. The van der Waals surface area contributed by atoms with Crippen molar-refractivity contribution in [3.05, 3.63) is 63.8 Å². The van der Waals surface area contributed by atoms with E-state index in [-0.39, 0.29) is 18.3 Å². The maximum atomic E-state index is 12.3. The van der Waals surface area contributed by atoms with Crippen molar-refractivity contribution < 1.29 is 9.53 Å². The normalized spacial score (nSPS) is 13.8. The third kappa shape index (κ3) is 2.54. The average Bonchev–Trinajstić information content (AvgIpc) is 2.99. The lowest BCUT2D eigenvalue weighted by molar-refractivity contribution is 0.0919. The van der Waals surface area contributed by atoms with Crippen LogP contribution in [-0.4, -0.2) is 32.5 Å². The SMILES string of the molecule is O=C(OCc1ccccc1)N1CCc2[nH]c3nc[nH]c(=O)c3c2C1. The van der Waals surface area contributed by atoms with Crippen LogP contribution in [0, 0.1) is 0 Å². The Hall–Kier alpha value is -3.09. The van der Waals surface area contributed by atoms with Crippen molar-refractivity contribution >= 4 is 17.1 Å². The van der Waals surface area contributed by atoms with Crippen molar-refractivity contribution in [2.75, 3.05) is 6.54 Å². The number of aromatic nitrogens is 3. The number of benzene rings is 1. The van der Waals surface area contributed by atoms with Crippen molar-refractivity contribution in [3.8, 4) is 0 Å². The number of nitrogens with one attached hydrogen (secondary N) is 2. The molecule has 0 bridgehead atoms. The second-order valence-corrected chi connectivity index (χ2v) is 5.75.